The van der Waals surface area contributed by atoms with E-state index < -0.39 is 0 Å². The van der Waals surface area contributed by atoms with Crippen molar-refractivity contribution in [2.75, 3.05) is 33.9 Å². The van der Waals surface area contributed by atoms with Crippen LogP contribution in [0.2, 0.25) is 0 Å². The molecule has 0 aliphatic heterocycles. The summed E-state index contributed by atoms with van der Waals surface area (Å²) in [7, 11) is 2.95. The molecule has 0 rings (SSSR count). The molecule has 0 aromatic heterocycles. The van der Waals surface area contributed by atoms with E-state index >= 15 is 0 Å². The Kier molecular flexibility index (Phi) is 9.28. The van der Waals surface area contributed by atoms with Crippen LogP contribution < -0.4 is 0 Å². The van der Waals surface area contributed by atoms with E-state index in [1.54, 1.807) is 18.9 Å². The van der Waals surface area contributed by atoms with E-state index in [4.69, 9.17) is 4.74 Å². The number of rotatable bonds is 9. The molecular formula is C13H25NO4. The molecule has 0 N–H and O–H groups in total. The average molecular weight is 259 g/mol. The number of nitrogens with zero attached hydrogens (tertiary/aromatic N) is 1. The first-order valence-corrected chi connectivity index (χ1v) is 6.41. The zero-order valence-corrected chi connectivity index (χ0v) is 11.9. The summed E-state index contributed by atoms with van der Waals surface area (Å²) in [5.74, 6) is -0.525. The molecule has 0 aromatic carbocycles. The molecule has 106 valence electrons. The van der Waals surface area contributed by atoms with Crippen molar-refractivity contribution in [2.45, 2.75) is 33.1 Å². The van der Waals surface area contributed by atoms with Crippen LogP contribution in [0.5, 0.6) is 0 Å². The van der Waals surface area contributed by atoms with Crippen LogP contribution in [0.15, 0.2) is 0 Å². The molecule has 0 spiro atoms. The number of ether oxygens (including phenoxy) is 2. The van der Waals surface area contributed by atoms with E-state index in [1.165, 1.54) is 7.11 Å². The van der Waals surface area contributed by atoms with Crippen LogP contribution in [0.25, 0.3) is 0 Å². The summed E-state index contributed by atoms with van der Waals surface area (Å²) in [6, 6.07) is 0. The Labute approximate surface area is 109 Å². The number of amides is 1. The second-order valence-corrected chi connectivity index (χ2v) is 4.36. The van der Waals surface area contributed by atoms with Crippen molar-refractivity contribution in [2.24, 2.45) is 5.92 Å². The number of esters is 1. The Bertz CT molecular complexity index is 255. The maximum atomic E-state index is 12.0. The van der Waals surface area contributed by atoms with E-state index in [2.05, 4.69) is 4.74 Å². The Hall–Kier alpha value is -1.10. The Morgan fingerprint density at radius 3 is 2.44 bits per heavy atom. The highest BCUT2D eigenvalue weighted by atomic mass is 16.5. The van der Waals surface area contributed by atoms with Gasteiger partial charge in [-0.1, -0.05) is 20.3 Å². The summed E-state index contributed by atoms with van der Waals surface area (Å²) in [4.78, 5) is 25.0. The monoisotopic (exact) mass is 259 g/mol. The van der Waals surface area contributed by atoms with Gasteiger partial charge in [0.25, 0.3) is 0 Å². The molecule has 1 atom stereocenters. The number of methoxy groups -OCH3 is 2. The first-order chi connectivity index (χ1) is 8.56. The van der Waals surface area contributed by atoms with Gasteiger partial charge in [-0.25, -0.2) is 0 Å². The molecule has 1 amide bonds. The highest BCUT2D eigenvalue weighted by Gasteiger charge is 2.20. The van der Waals surface area contributed by atoms with Crippen LogP contribution in [0.1, 0.15) is 33.1 Å². The highest BCUT2D eigenvalue weighted by molar-refractivity contribution is 5.77. The molecule has 0 heterocycles. The third kappa shape index (κ3) is 6.59. The molecular weight excluding hydrogens is 234 g/mol. The van der Waals surface area contributed by atoms with Gasteiger partial charge in [-0.05, 0) is 6.42 Å². The second-order valence-electron chi connectivity index (χ2n) is 4.36. The van der Waals surface area contributed by atoms with E-state index in [1.807, 2.05) is 6.92 Å². The smallest absolute Gasteiger partial charge is 0.310 e. The van der Waals surface area contributed by atoms with Crippen LogP contribution in [-0.4, -0.2) is 50.7 Å². The summed E-state index contributed by atoms with van der Waals surface area (Å²) in [5.41, 5.74) is 0. The number of unbranched alkanes of at least 4 members (excludes halogenated alkanes) is 1. The molecule has 0 aliphatic rings. The molecule has 0 bridgehead atoms. The summed E-state index contributed by atoms with van der Waals surface area (Å²) >= 11 is 0. The zero-order chi connectivity index (χ0) is 14.0. The van der Waals surface area contributed by atoms with Gasteiger partial charge in [-0.2, -0.15) is 0 Å². The van der Waals surface area contributed by atoms with Crippen molar-refractivity contribution in [3.05, 3.63) is 0 Å². The van der Waals surface area contributed by atoms with Crippen LogP contribution in [0, 0.1) is 5.92 Å². The van der Waals surface area contributed by atoms with Gasteiger partial charge in [0.15, 0.2) is 0 Å². The van der Waals surface area contributed by atoms with Gasteiger partial charge in [0.05, 0.1) is 19.6 Å². The molecule has 0 saturated heterocycles. The Balaban J connectivity index is 4.37. The fraction of sp³-hybridized carbons (Fsp3) is 0.846. The van der Waals surface area contributed by atoms with Crippen molar-refractivity contribution in [3.63, 3.8) is 0 Å². The zero-order valence-electron chi connectivity index (χ0n) is 11.9. The van der Waals surface area contributed by atoms with Gasteiger partial charge < -0.3 is 14.4 Å². The van der Waals surface area contributed by atoms with Crippen LogP contribution in [0.4, 0.5) is 0 Å². The normalized spacial score (nSPS) is 12.0. The molecule has 1 unspecified atom stereocenters. The quantitative estimate of drug-likeness (QED) is 0.588. The van der Waals surface area contributed by atoms with E-state index in [0.717, 1.165) is 12.8 Å². The topological polar surface area (TPSA) is 55.8 Å². The lowest BCUT2D eigenvalue weighted by Gasteiger charge is -2.24. The maximum Gasteiger partial charge on any atom is 0.310 e. The first kappa shape index (κ1) is 16.9. The minimum atomic E-state index is -0.308. The lowest BCUT2D eigenvalue weighted by atomic mass is 10.1. The average Bonchev–Trinajstić information content (AvgIpc) is 2.39. The molecule has 18 heavy (non-hydrogen) atoms. The second kappa shape index (κ2) is 9.88. The number of hydrogen-bond donors (Lipinski definition) is 0. The molecule has 0 aliphatic carbocycles. The van der Waals surface area contributed by atoms with E-state index in [9.17, 15) is 9.59 Å². The SMILES string of the molecule is CCCCC(=O)N(CCOC)CC(C)C(=O)OC. The van der Waals surface area contributed by atoms with Gasteiger partial charge in [0, 0.05) is 26.6 Å². The summed E-state index contributed by atoms with van der Waals surface area (Å²) < 4.78 is 9.66. The van der Waals surface area contributed by atoms with Crippen molar-refractivity contribution in [1.82, 2.24) is 4.90 Å². The fourth-order valence-corrected chi connectivity index (χ4v) is 1.61. The number of hydrogen-bond acceptors (Lipinski definition) is 4. The predicted molar refractivity (Wildman–Crippen MR) is 69.2 cm³/mol. The third-order valence-electron chi connectivity index (χ3n) is 2.76. The molecule has 0 aromatic rings. The van der Waals surface area contributed by atoms with Gasteiger partial charge in [0.1, 0.15) is 0 Å². The van der Waals surface area contributed by atoms with Crippen molar-refractivity contribution in [3.8, 4) is 0 Å². The predicted octanol–water partition coefficient (Wildman–Crippen LogP) is 1.46. The Morgan fingerprint density at radius 2 is 1.94 bits per heavy atom. The minimum absolute atomic E-state index is 0.0738. The molecule has 0 saturated carbocycles. The van der Waals surface area contributed by atoms with Gasteiger partial charge >= 0.3 is 5.97 Å². The first-order valence-electron chi connectivity index (χ1n) is 6.41. The lowest BCUT2D eigenvalue weighted by Crippen LogP contribution is -2.39. The van der Waals surface area contributed by atoms with Crippen molar-refractivity contribution >= 4 is 11.9 Å². The van der Waals surface area contributed by atoms with E-state index in [0.29, 0.717) is 26.1 Å². The van der Waals surface area contributed by atoms with Crippen LogP contribution in [0.3, 0.4) is 0 Å². The molecule has 5 nitrogen and oxygen atoms in total. The number of carbonyl (C=O) groups excluding carboxylic acids is 2. The fourth-order valence-electron chi connectivity index (χ4n) is 1.61. The maximum absolute atomic E-state index is 12.0. The largest absolute Gasteiger partial charge is 0.469 e. The van der Waals surface area contributed by atoms with Crippen molar-refractivity contribution in [1.29, 1.82) is 0 Å². The summed E-state index contributed by atoms with van der Waals surface area (Å²) in [6.45, 7) is 5.19. The highest BCUT2D eigenvalue weighted by Crippen LogP contribution is 2.06. The van der Waals surface area contributed by atoms with Gasteiger partial charge in [-0.15, -0.1) is 0 Å². The summed E-state index contributed by atoms with van der Waals surface area (Å²) in [5, 5.41) is 0. The lowest BCUT2D eigenvalue weighted by molar-refractivity contribution is -0.146. The minimum Gasteiger partial charge on any atom is -0.469 e. The van der Waals surface area contributed by atoms with Crippen molar-refractivity contribution < 1.29 is 19.1 Å². The van der Waals surface area contributed by atoms with Gasteiger partial charge in [0.2, 0.25) is 5.91 Å². The summed E-state index contributed by atoms with van der Waals surface area (Å²) in [6.07, 6.45) is 2.37. The number of carbonyl (C=O) groups is 2. The third-order valence-corrected chi connectivity index (χ3v) is 2.76. The van der Waals surface area contributed by atoms with Crippen LogP contribution in [-0.2, 0) is 19.1 Å². The standard InChI is InChI=1S/C13H25NO4/c1-5-6-7-12(15)14(8-9-17-3)10-11(2)13(16)18-4/h11H,5-10H2,1-4H3. The Morgan fingerprint density at radius 1 is 1.28 bits per heavy atom. The van der Waals surface area contributed by atoms with Gasteiger partial charge in [-0.3, -0.25) is 9.59 Å². The van der Waals surface area contributed by atoms with E-state index in [-0.39, 0.29) is 17.8 Å². The molecule has 0 fully saturated rings. The molecule has 5 heteroatoms. The molecule has 0 radical (unpaired) electrons. The van der Waals surface area contributed by atoms with Crippen LogP contribution >= 0.6 is 0 Å².